The fourth-order valence-corrected chi connectivity index (χ4v) is 5.15. The van der Waals surface area contributed by atoms with Crippen LogP contribution >= 0.6 is 23.5 Å². The Hall–Kier alpha value is 0.170. The summed E-state index contributed by atoms with van der Waals surface area (Å²) in [5.41, 5.74) is 0. The summed E-state index contributed by atoms with van der Waals surface area (Å²) in [5.74, 6) is 3.02. The van der Waals surface area contributed by atoms with Crippen LogP contribution in [-0.2, 0) is 9.53 Å². The topological polar surface area (TPSA) is 26.3 Å². The normalized spacial score (nSPS) is 22.3. The van der Waals surface area contributed by atoms with E-state index in [1.807, 2.05) is 44.3 Å². The molecule has 2 rings (SSSR count). The zero-order valence-electron chi connectivity index (χ0n) is 11.2. The van der Waals surface area contributed by atoms with E-state index < -0.39 is 0 Å². The second-order valence-corrected chi connectivity index (χ2v) is 7.22. The maximum Gasteiger partial charge on any atom is 0.332 e. The van der Waals surface area contributed by atoms with Crippen molar-refractivity contribution in [2.45, 2.75) is 50.5 Å². The van der Waals surface area contributed by atoms with Crippen LogP contribution in [0.3, 0.4) is 0 Å². The minimum Gasteiger partial charge on any atom is -0.464 e. The van der Waals surface area contributed by atoms with Crippen molar-refractivity contribution in [3.63, 3.8) is 0 Å². The number of carbonyl (C=O) groups excluding carboxylic acids is 1. The lowest BCUT2D eigenvalue weighted by atomic mass is 10.2. The number of rotatable bonds is 4. The molecule has 4 heteroatoms. The third-order valence-electron chi connectivity index (χ3n) is 2.80. The Morgan fingerprint density at radius 2 is 1.88 bits per heavy atom. The molecule has 1 aliphatic carbocycles. The number of hydrogen-bond acceptors (Lipinski definition) is 4. The number of hydrogen-bond donors (Lipinski definition) is 0. The molecule has 1 saturated heterocycles. The molecule has 17 heavy (non-hydrogen) atoms. The molecular formula is C13H24O2S2. The zero-order valence-corrected chi connectivity index (χ0v) is 12.8. The average molecular weight is 276 g/mol. The van der Waals surface area contributed by atoms with Crippen molar-refractivity contribution in [3.8, 4) is 0 Å². The highest BCUT2D eigenvalue weighted by atomic mass is 32.2. The van der Waals surface area contributed by atoms with Gasteiger partial charge in [0.15, 0.2) is 4.08 Å². The van der Waals surface area contributed by atoms with Crippen molar-refractivity contribution in [1.29, 1.82) is 0 Å². The van der Waals surface area contributed by atoms with Gasteiger partial charge in [0.05, 0.1) is 6.61 Å². The smallest absolute Gasteiger partial charge is 0.332 e. The summed E-state index contributed by atoms with van der Waals surface area (Å²) in [6, 6.07) is 0. The van der Waals surface area contributed by atoms with Crippen molar-refractivity contribution in [2.75, 3.05) is 18.1 Å². The monoisotopic (exact) mass is 276 g/mol. The lowest BCUT2D eigenvalue weighted by Gasteiger charge is -2.33. The quantitative estimate of drug-likeness (QED) is 0.727. The van der Waals surface area contributed by atoms with Crippen molar-refractivity contribution >= 4 is 29.5 Å². The van der Waals surface area contributed by atoms with E-state index in [1.54, 1.807) is 0 Å². The third-order valence-corrected chi connectivity index (χ3v) is 6.09. The van der Waals surface area contributed by atoms with Gasteiger partial charge in [0.1, 0.15) is 0 Å². The van der Waals surface area contributed by atoms with Gasteiger partial charge in [-0.3, -0.25) is 0 Å². The Kier molecular flexibility index (Phi) is 6.78. The summed E-state index contributed by atoms with van der Waals surface area (Å²) in [6.45, 7) is 6.40. The van der Waals surface area contributed by atoms with Crippen LogP contribution in [0.1, 0.15) is 46.5 Å². The van der Waals surface area contributed by atoms with Crippen molar-refractivity contribution in [3.05, 3.63) is 0 Å². The van der Waals surface area contributed by atoms with E-state index in [1.165, 1.54) is 19.3 Å². The first-order valence-corrected chi connectivity index (χ1v) is 8.69. The molecule has 2 aliphatic rings. The highest BCUT2D eigenvalue weighted by Gasteiger charge is 2.46. The number of thioether (sulfide) groups is 2. The number of esters is 1. The second-order valence-electron chi connectivity index (χ2n) is 4.17. The molecule has 0 aromatic rings. The molecule has 0 bridgehead atoms. The molecule has 2 fully saturated rings. The minimum atomic E-state index is -0.255. The van der Waals surface area contributed by atoms with E-state index in [2.05, 4.69) is 0 Å². The van der Waals surface area contributed by atoms with Crippen LogP contribution in [0.15, 0.2) is 0 Å². The highest BCUT2D eigenvalue weighted by molar-refractivity contribution is 8.19. The van der Waals surface area contributed by atoms with Crippen LogP contribution < -0.4 is 0 Å². The molecule has 0 N–H and O–H groups in total. The van der Waals surface area contributed by atoms with Crippen molar-refractivity contribution < 1.29 is 9.53 Å². The molecule has 1 saturated carbocycles. The van der Waals surface area contributed by atoms with Gasteiger partial charge >= 0.3 is 5.97 Å². The Morgan fingerprint density at radius 3 is 2.35 bits per heavy atom. The zero-order chi connectivity index (χ0) is 12.7. The van der Waals surface area contributed by atoms with E-state index >= 15 is 0 Å². The molecule has 2 nitrogen and oxygen atoms in total. The number of carbonyl (C=O) groups is 1. The van der Waals surface area contributed by atoms with Gasteiger partial charge < -0.3 is 4.74 Å². The van der Waals surface area contributed by atoms with Crippen LogP contribution in [0.4, 0.5) is 0 Å². The van der Waals surface area contributed by atoms with Crippen LogP contribution in [-0.4, -0.2) is 28.2 Å². The van der Waals surface area contributed by atoms with Gasteiger partial charge in [-0.1, -0.05) is 26.7 Å². The van der Waals surface area contributed by atoms with E-state index in [4.69, 9.17) is 4.74 Å². The first-order chi connectivity index (χ1) is 8.27. The van der Waals surface area contributed by atoms with Crippen LogP contribution in [0, 0.1) is 5.92 Å². The summed E-state index contributed by atoms with van der Waals surface area (Å²) in [4.78, 5) is 12.0. The first-order valence-electron chi connectivity index (χ1n) is 6.72. The molecule has 1 aliphatic heterocycles. The Labute approximate surface area is 114 Å². The molecule has 0 amide bonds. The Bertz CT molecular complexity index is 234. The van der Waals surface area contributed by atoms with Crippen LogP contribution in [0.5, 0.6) is 0 Å². The summed E-state index contributed by atoms with van der Waals surface area (Å²) in [5, 5.41) is 0. The predicted molar refractivity (Wildman–Crippen MR) is 77.6 cm³/mol. The molecule has 0 unspecified atom stereocenters. The lowest BCUT2D eigenvalue weighted by molar-refractivity contribution is -0.143. The maximum atomic E-state index is 12.0. The van der Waals surface area contributed by atoms with Gasteiger partial charge in [-0.15, -0.1) is 23.5 Å². The Balaban J connectivity index is 0.000000686. The predicted octanol–water partition coefficient (Wildman–Crippen LogP) is 3.94. The molecule has 0 aromatic carbocycles. The molecular weight excluding hydrogens is 252 g/mol. The Morgan fingerprint density at radius 1 is 1.29 bits per heavy atom. The van der Waals surface area contributed by atoms with Crippen LogP contribution in [0.2, 0.25) is 0 Å². The molecule has 0 radical (unpaired) electrons. The van der Waals surface area contributed by atoms with Crippen molar-refractivity contribution in [1.82, 2.24) is 0 Å². The van der Waals surface area contributed by atoms with E-state index in [0.29, 0.717) is 6.61 Å². The molecule has 0 spiro atoms. The van der Waals surface area contributed by atoms with Gasteiger partial charge in [-0.05, 0) is 37.2 Å². The largest absolute Gasteiger partial charge is 0.464 e. The molecule has 100 valence electrons. The fraction of sp³-hybridized carbons (Fsp3) is 0.923. The van der Waals surface area contributed by atoms with Gasteiger partial charge in [-0.2, -0.15) is 0 Å². The van der Waals surface area contributed by atoms with Crippen molar-refractivity contribution in [2.24, 2.45) is 5.92 Å². The first kappa shape index (κ1) is 15.2. The van der Waals surface area contributed by atoms with Gasteiger partial charge in [-0.25, -0.2) is 4.79 Å². The van der Waals surface area contributed by atoms with Gasteiger partial charge in [0.2, 0.25) is 0 Å². The maximum absolute atomic E-state index is 12.0. The summed E-state index contributed by atoms with van der Waals surface area (Å²) in [7, 11) is 0. The summed E-state index contributed by atoms with van der Waals surface area (Å²) < 4.78 is 4.98. The van der Waals surface area contributed by atoms with E-state index in [9.17, 15) is 4.79 Å². The SMILES string of the molecule is CC.CCOC(=O)C1(CC2CC2)SCCCS1. The van der Waals surface area contributed by atoms with Crippen LogP contribution in [0.25, 0.3) is 0 Å². The second kappa shape index (κ2) is 7.57. The average Bonchev–Trinajstić information content (AvgIpc) is 3.17. The van der Waals surface area contributed by atoms with E-state index in [0.717, 1.165) is 23.8 Å². The molecule has 1 heterocycles. The standard InChI is InChI=1S/C11H18O2S2.C2H6/c1-2-13-10(12)11(8-9-4-5-9)14-6-3-7-15-11;1-2/h9H,2-8H2,1H3;1-2H3. The highest BCUT2D eigenvalue weighted by Crippen LogP contribution is 2.51. The fourth-order valence-electron chi connectivity index (χ4n) is 1.84. The number of ether oxygens (including phenoxy) is 1. The summed E-state index contributed by atoms with van der Waals surface area (Å²) in [6.07, 6.45) is 4.87. The summed E-state index contributed by atoms with van der Waals surface area (Å²) >= 11 is 3.63. The van der Waals surface area contributed by atoms with E-state index in [-0.39, 0.29) is 10.0 Å². The lowest BCUT2D eigenvalue weighted by Crippen LogP contribution is -2.37. The van der Waals surface area contributed by atoms with Gasteiger partial charge in [0.25, 0.3) is 0 Å². The van der Waals surface area contributed by atoms with Gasteiger partial charge in [0, 0.05) is 0 Å². The molecule has 0 atom stereocenters. The molecule has 0 aromatic heterocycles. The third kappa shape index (κ3) is 4.40. The minimum absolute atomic E-state index is 0.0200.